The number of carbonyl (C=O) groups is 4. The van der Waals surface area contributed by atoms with E-state index in [0.29, 0.717) is 37.3 Å². The zero-order chi connectivity index (χ0) is 24.8. The lowest BCUT2D eigenvalue weighted by Crippen LogP contribution is -2.52. The summed E-state index contributed by atoms with van der Waals surface area (Å²) in [7, 11) is 0. The fraction of sp³-hybridized carbons (Fsp3) is 0.333. The van der Waals surface area contributed by atoms with Gasteiger partial charge in [-0.05, 0) is 30.5 Å². The smallest absolute Gasteiger partial charge is 0.276 e. The van der Waals surface area contributed by atoms with E-state index in [0.717, 1.165) is 17.7 Å². The minimum absolute atomic E-state index is 0.132. The number of nitrogens with one attached hydrogen (secondary N) is 1. The van der Waals surface area contributed by atoms with Gasteiger partial charge in [-0.2, -0.15) is 0 Å². The second kappa shape index (κ2) is 8.63. The van der Waals surface area contributed by atoms with Crippen molar-refractivity contribution in [1.82, 2.24) is 40.1 Å². The summed E-state index contributed by atoms with van der Waals surface area (Å²) < 4.78 is 1.46. The van der Waals surface area contributed by atoms with Gasteiger partial charge in [0.25, 0.3) is 11.8 Å². The maximum Gasteiger partial charge on any atom is 0.276 e. The van der Waals surface area contributed by atoms with Crippen molar-refractivity contribution >= 4 is 23.6 Å². The van der Waals surface area contributed by atoms with Gasteiger partial charge < -0.3 is 9.80 Å². The molecule has 0 saturated carbocycles. The Hall–Kier alpha value is -4.48. The molecule has 5 heterocycles. The van der Waals surface area contributed by atoms with Crippen LogP contribution in [0.1, 0.15) is 57.3 Å². The minimum atomic E-state index is -0.673. The van der Waals surface area contributed by atoms with Crippen LogP contribution in [0.5, 0.6) is 0 Å². The van der Waals surface area contributed by atoms with Gasteiger partial charge in [-0.15, -0.1) is 5.10 Å². The maximum absolute atomic E-state index is 13.1. The minimum Gasteiger partial charge on any atom is -0.337 e. The average molecular weight is 486 g/mol. The number of piperidine rings is 1. The number of rotatable bonds is 4. The van der Waals surface area contributed by atoms with Crippen LogP contribution in [0, 0.1) is 0 Å². The lowest BCUT2D eigenvalue weighted by atomic mass is 10.0. The van der Waals surface area contributed by atoms with Gasteiger partial charge in [0.2, 0.25) is 11.8 Å². The van der Waals surface area contributed by atoms with Crippen molar-refractivity contribution in [2.24, 2.45) is 0 Å². The number of aromatic nitrogens is 5. The van der Waals surface area contributed by atoms with Crippen molar-refractivity contribution in [3.63, 3.8) is 0 Å². The zero-order valence-corrected chi connectivity index (χ0v) is 19.2. The molecule has 4 amide bonds. The summed E-state index contributed by atoms with van der Waals surface area (Å²) in [5.41, 5.74) is 2.92. The van der Waals surface area contributed by atoms with E-state index in [1.165, 1.54) is 9.58 Å². The number of fused-ring (bicyclic) bond motifs is 1. The van der Waals surface area contributed by atoms with Crippen molar-refractivity contribution in [2.45, 2.75) is 37.8 Å². The van der Waals surface area contributed by atoms with Crippen molar-refractivity contribution in [2.75, 3.05) is 13.1 Å². The monoisotopic (exact) mass is 486 g/mol. The molecule has 2 unspecified atom stereocenters. The first-order valence-electron chi connectivity index (χ1n) is 11.7. The van der Waals surface area contributed by atoms with Gasteiger partial charge >= 0.3 is 0 Å². The van der Waals surface area contributed by atoms with Crippen molar-refractivity contribution in [3.8, 4) is 5.69 Å². The van der Waals surface area contributed by atoms with E-state index >= 15 is 0 Å². The van der Waals surface area contributed by atoms with E-state index in [4.69, 9.17) is 0 Å². The Morgan fingerprint density at radius 3 is 2.81 bits per heavy atom. The molecular weight excluding hydrogens is 464 g/mol. The summed E-state index contributed by atoms with van der Waals surface area (Å²) >= 11 is 0. The lowest BCUT2D eigenvalue weighted by molar-refractivity contribution is -0.136. The van der Waals surface area contributed by atoms with Crippen LogP contribution < -0.4 is 5.32 Å². The summed E-state index contributed by atoms with van der Waals surface area (Å²) in [5, 5.41) is 10.5. The molecule has 1 aromatic carbocycles. The number of imide groups is 1. The zero-order valence-electron chi connectivity index (χ0n) is 19.2. The van der Waals surface area contributed by atoms with Gasteiger partial charge in [-0.3, -0.25) is 34.5 Å². The molecule has 2 saturated heterocycles. The Bertz CT molecular complexity index is 1390. The largest absolute Gasteiger partial charge is 0.337 e. The molecule has 3 aromatic rings. The molecular formula is C24H22N8O4. The Kier molecular flexibility index (Phi) is 5.28. The summed E-state index contributed by atoms with van der Waals surface area (Å²) in [6.07, 6.45) is 7.86. The molecule has 0 radical (unpaired) electrons. The molecule has 2 fully saturated rings. The Labute approximate surface area is 205 Å². The molecule has 12 heteroatoms. The van der Waals surface area contributed by atoms with Crippen LogP contribution >= 0.6 is 0 Å². The Balaban J connectivity index is 1.17. The van der Waals surface area contributed by atoms with E-state index < -0.39 is 11.9 Å². The quantitative estimate of drug-likeness (QED) is 0.524. The third-order valence-electron chi connectivity index (χ3n) is 6.97. The standard InChI is InChI=1S/C24H22N8O4/c33-21-4-3-20(22(34)27-21)31-12-14-1-2-16(9-17(14)23(31)35)32-13-19(28-29-32)24(36)30-8-5-15(11-30)18-10-25-6-7-26-18/h1-2,6-7,9-10,13,15,20H,3-5,8,11-12H2,(H,27,33,34). The number of carbonyl (C=O) groups excluding carboxylic acids is 4. The van der Waals surface area contributed by atoms with Gasteiger partial charge in [0.15, 0.2) is 5.69 Å². The first-order chi connectivity index (χ1) is 17.5. The maximum atomic E-state index is 13.1. The molecule has 12 nitrogen and oxygen atoms in total. The van der Waals surface area contributed by atoms with Crippen LogP contribution in [0.4, 0.5) is 0 Å². The number of nitrogens with zero attached hydrogens (tertiary/aromatic N) is 7. The molecule has 182 valence electrons. The van der Waals surface area contributed by atoms with Crippen molar-refractivity contribution in [3.05, 3.63) is 65.5 Å². The summed E-state index contributed by atoms with van der Waals surface area (Å²) in [6, 6.07) is 4.62. The normalized spacial score (nSPS) is 21.6. The van der Waals surface area contributed by atoms with Gasteiger partial charge in [0.1, 0.15) is 6.04 Å². The number of hydrogen-bond acceptors (Lipinski definition) is 8. The summed E-state index contributed by atoms with van der Waals surface area (Å²) in [5.74, 6) is -1.13. The topological polar surface area (TPSA) is 143 Å². The molecule has 2 aromatic heterocycles. The third-order valence-corrected chi connectivity index (χ3v) is 6.97. The summed E-state index contributed by atoms with van der Waals surface area (Å²) in [4.78, 5) is 61.5. The van der Waals surface area contributed by atoms with Crippen LogP contribution in [0.15, 0.2) is 43.0 Å². The molecule has 1 N–H and O–H groups in total. The molecule has 36 heavy (non-hydrogen) atoms. The molecule has 0 aliphatic carbocycles. The van der Waals surface area contributed by atoms with Crippen LogP contribution in [0.25, 0.3) is 5.69 Å². The molecule has 3 aliphatic rings. The molecule has 0 spiro atoms. The molecule has 0 bridgehead atoms. The van der Waals surface area contributed by atoms with E-state index in [1.54, 1.807) is 41.8 Å². The van der Waals surface area contributed by atoms with E-state index in [1.807, 2.05) is 6.07 Å². The fourth-order valence-electron chi connectivity index (χ4n) is 5.04. The van der Waals surface area contributed by atoms with Gasteiger partial charge in [0, 0.05) is 56.1 Å². The van der Waals surface area contributed by atoms with Crippen LogP contribution in [-0.4, -0.2) is 77.5 Å². The second-order valence-corrected chi connectivity index (χ2v) is 9.16. The van der Waals surface area contributed by atoms with Crippen LogP contribution in [-0.2, 0) is 16.1 Å². The highest BCUT2D eigenvalue weighted by Gasteiger charge is 2.39. The van der Waals surface area contributed by atoms with Crippen LogP contribution in [0.2, 0.25) is 0 Å². The van der Waals surface area contributed by atoms with Crippen LogP contribution in [0.3, 0.4) is 0 Å². The summed E-state index contributed by atoms with van der Waals surface area (Å²) in [6.45, 7) is 1.42. The first kappa shape index (κ1) is 22.0. The van der Waals surface area contributed by atoms with Gasteiger partial charge in [-0.25, -0.2) is 4.68 Å². The predicted octanol–water partition coefficient (Wildman–Crippen LogP) is 0.448. The SMILES string of the molecule is O=C1CCC(N2Cc3ccc(-n4cc(C(=O)N5CCC(c6cnccn6)C5)nn4)cc3C2=O)C(=O)N1. The molecule has 3 aliphatic heterocycles. The highest BCUT2D eigenvalue weighted by atomic mass is 16.2. The van der Waals surface area contributed by atoms with Crippen molar-refractivity contribution in [1.29, 1.82) is 0 Å². The third kappa shape index (κ3) is 3.80. The Morgan fingerprint density at radius 1 is 1.11 bits per heavy atom. The highest BCUT2D eigenvalue weighted by molar-refractivity contribution is 6.05. The Morgan fingerprint density at radius 2 is 2.00 bits per heavy atom. The second-order valence-electron chi connectivity index (χ2n) is 9.16. The van der Waals surface area contributed by atoms with E-state index in [-0.39, 0.29) is 35.8 Å². The predicted molar refractivity (Wildman–Crippen MR) is 123 cm³/mol. The van der Waals surface area contributed by atoms with Gasteiger partial charge in [0.05, 0.1) is 17.6 Å². The van der Waals surface area contributed by atoms with E-state index in [2.05, 4.69) is 25.6 Å². The van der Waals surface area contributed by atoms with E-state index in [9.17, 15) is 19.2 Å². The average Bonchev–Trinajstić information content (AvgIpc) is 3.64. The number of amides is 4. The van der Waals surface area contributed by atoms with Crippen molar-refractivity contribution < 1.29 is 19.2 Å². The first-order valence-corrected chi connectivity index (χ1v) is 11.7. The molecule has 6 rings (SSSR count). The number of hydrogen-bond donors (Lipinski definition) is 1. The molecule has 2 atom stereocenters. The fourth-order valence-corrected chi connectivity index (χ4v) is 5.04. The number of benzene rings is 1. The number of likely N-dealkylation sites (tertiary alicyclic amines) is 1. The van der Waals surface area contributed by atoms with Gasteiger partial charge in [-0.1, -0.05) is 11.3 Å². The lowest BCUT2D eigenvalue weighted by Gasteiger charge is -2.29. The highest BCUT2D eigenvalue weighted by Crippen LogP contribution is 2.29.